The molecule has 0 radical (unpaired) electrons. The van der Waals surface area contributed by atoms with Crippen LogP contribution < -0.4 is 0 Å². The van der Waals surface area contributed by atoms with E-state index in [-0.39, 0.29) is 0 Å². The van der Waals surface area contributed by atoms with Crippen molar-refractivity contribution in [2.24, 2.45) is 0 Å². The molecule has 262 valence electrons. The van der Waals surface area contributed by atoms with E-state index >= 15 is 0 Å². The van der Waals surface area contributed by atoms with Gasteiger partial charge in [0.1, 0.15) is 22.3 Å². The standard InChI is InChI=1S/C52H32N2O2/c1-3-13-33(14-4-1)38-17-7-8-18-41(38)46-32-45(35-15-5-2-6-16-35)53-52(54-46)36-25-23-34(24-26-36)39-28-29-40(51-50(39)43-20-10-12-22-48(43)56-51)37-27-30-49-44(31-37)42-19-9-11-21-47(42)55-49/h1-32H. The monoisotopic (exact) mass is 716 g/mol. The Balaban J connectivity index is 1.04. The molecule has 0 amide bonds. The first-order valence-electron chi connectivity index (χ1n) is 18.8. The molecule has 0 bridgehead atoms. The molecule has 0 aliphatic heterocycles. The summed E-state index contributed by atoms with van der Waals surface area (Å²) in [6, 6.07) is 67.3. The van der Waals surface area contributed by atoms with E-state index in [2.05, 4.69) is 146 Å². The fraction of sp³-hybridized carbons (Fsp3) is 0. The molecule has 3 aromatic heterocycles. The first kappa shape index (κ1) is 31.9. The van der Waals surface area contributed by atoms with Gasteiger partial charge in [0.05, 0.1) is 11.4 Å². The molecule has 0 saturated carbocycles. The highest BCUT2D eigenvalue weighted by Gasteiger charge is 2.19. The molecule has 0 N–H and O–H groups in total. The third-order valence-electron chi connectivity index (χ3n) is 10.8. The maximum absolute atomic E-state index is 6.68. The van der Waals surface area contributed by atoms with Crippen LogP contribution in [0.2, 0.25) is 0 Å². The molecule has 0 aliphatic rings. The van der Waals surface area contributed by atoms with Crippen LogP contribution in [0.15, 0.2) is 203 Å². The minimum absolute atomic E-state index is 0.673. The second-order valence-corrected chi connectivity index (χ2v) is 14.1. The van der Waals surface area contributed by atoms with Crippen molar-refractivity contribution in [2.75, 3.05) is 0 Å². The van der Waals surface area contributed by atoms with E-state index < -0.39 is 0 Å². The van der Waals surface area contributed by atoms with Crippen LogP contribution in [0.25, 0.3) is 111 Å². The molecule has 11 rings (SSSR count). The van der Waals surface area contributed by atoms with Crippen LogP contribution in [-0.2, 0) is 0 Å². The average Bonchev–Trinajstić information content (AvgIpc) is 3.85. The van der Waals surface area contributed by atoms with Gasteiger partial charge in [-0.15, -0.1) is 0 Å². The minimum Gasteiger partial charge on any atom is -0.456 e. The highest BCUT2D eigenvalue weighted by atomic mass is 16.3. The van der Waals surface area contributed by atoms with Gasteiger partial charge in [-0.2, -0.15) is 0 Å². The fourth-order valence-electron chi connectivity index (χ4n) is 8.04. The van der Waals surface area contributed by atoms with Crippen molar-refractivity contribution >= 4 is 43.9 Å². The van der Waals surface area contributed by atoms with Gasteiger partial charge < -0.3 is 8.83 Å². The molecule has 3 heterocycles. The van der Waals surface area contributed by atoms with E-state index in [0.717, 1.165) is 105 Å². The van der Waals surface area contributed by atoms with Crippen molar-refractivity contribution in [3.63, 3.8) is 0 Å². The number of hydrogen-bond acceptors (Lipinski definition) is 4. The Morgan fingerprint density at radius 2 is 0.857 bits per heavy atom. The van der Waals surface area contributed by atoms with Crippen molar-refractivity contribution < 1.29 is 8.83 Å². The Morgan fingerprint density at radius 3 is 1.64 bits per heavy atom. The summed E-state index contributed by atoms with van der Waals surface area (Å²) in [5.41, 5.74) is 14.9. The SMILES string of the molecule is c1ccc(-c2cc(-c3ccccc3-c3ccccc3)nc(-c3ccc(-c4ccc(-c5ccc6oc7ccccc7c6c5)c5oc6ccccc6c45)cc3)n2)cc1. The molecule has 0 aliphatic carbocycles. The summed E-state index contributed by atoms with van der Waals surface area (Å²) < 4.78 is 12.8. The van der Waals surface area contributed by atoms with E-state index in [4.69, 9.17) is 18.8 Å². The number of furan rings is 2. The number of rotatable bonds is 6. The van der Waals surface area contributed by atoms with E-state index in [9.17, 15) is 0 Å². The number of benzene rings is 8. The average molecular weight is 717 g/mol. The summed E-state index contributed by atoms with van der Waals surface area (Å²) in [4.78, 5) is 10.4. The summed E-state index contributed by atoms with van der Waals surface area (Å²) in [6.45, 7) is 0. The third kappa shape index (κ3) is 5.39. The summed E-state index contributed by atoms with van der Waals surface area (Å²) in [7, 11) is 0. The Morgan fingerprint density at radius 1 is 0.304 bits per heavy atom. The minimum atomic E-state index is 0.673. The van der Waals surface area contributed by atoms with Crippen LogP contribution in [0.3, 0.4) is 0 Å². The highest BCUT2D eigenvalue weighted by Crippen LogP contribution is 2.43. The molecule has 4 heteroatoms. The molecule has 0 atom stereocenters. The predicted molar refractivity (Wildman–Crippen MR) is 229 cm³/mol. The maximum Gasteiger partial charge on any atom is 0.160 e. The van der Waals surface area contributed by atoms with Gasteiger partial charge in [-0.05, 0) is 64.2 Å². The lowest BCUT2D eigenvalue weighted by molar-refractivity contribution is 0.668. The lowest BCUT2D eigenvalue weighted by atomic mass is 9.93. The summed E-state index contributed by atoms with van der Waals surface area (Å²) in [6.07, 6.45) is 0. The molecule has 56 heavy (non-hydrogen) atoms. The Kier molecular flexibility index (Phi) is 7.46. The lowest BCUT2D eigenvalue weighted by Crippen LogP contribution is -1.97. The Hall–Kier alpha value is -7.56. The fourth-order valence-corrected chi connectivity index (χ4v) is 8.04. The molecule has 11 aromatic rings. The van der Waals surface area contributed by atoms with Crippen molar-refractivity contribution in [3.05, 3.63) is 194 Å². The number of hydrogen-bond donors (Lipinski definition) is 0. The van der Waals surface area contributed by atoms with Crippen LogP contribution in [0.4, 0.5) is 0 Å². The zero-order valence-electron chi connectivity index (χ0n) is 30.2. The summed E-state index contributed by atoms with van der Waals surface area (Å²) >= 11 is 0. The van der Waals surface area contributed by atoms with E-state index in [0.29, 0.717) is 5.82 Å². The largest absolute Gasteiger partial charge is 0.456 e. The number of para-hydroxylation sites is 2. The van der Waals surface area contributed by atoms with E-state index in [1.165, 1.54) is 0 Å². The van der Waals surface area contributed by atoms with Gasteiger partial charge in [-0.3, -0.25) is 0 Å². The maximum atomic E-state index is 6.68. The number of fused-ring (bicyclic) bond motifs is 6. The lowest BCUT2D eigenvalue weighted by Gasteiger charge is -2.13. The van der Waals surface area contributed by atoms with Gasteiger partial charge in [-0.25, -0.2) is 9.97 Å². The second-order valence-electron chi connectivity index (χ2n) is 14.1. The zero-order valence-corrected chi connectivity index (χ0v) is 30.2. The molecular weight excluding hydrogens is 685 g/mol. The second kappa shape index (κ2) is 13.1. The van der Waals surface area contributed by atoms with Crippen LogP contribution in [0.1, 0.15) is 0 Å². The molecule has 0 fully saturated rings. The molecule has 0 saturated heterocycles. The van der Waals surface area contributed by atoms with Gasteiger partial charge in [0, 0.05) is 43.8 Å². The molecule has 4 nitrogen and oxygen atoms in total. The summed E-state index contributed by atoms with van der Waals surface area (Å²) in [5, 5.41) is 4.36. The Labute approximate surface area is 323 Å². The predicted octanol–water partition coefficient (Wildman–Crippen LogP) is 14.3. The summed E-state index contributed by atoms with van der Waals surface area (Å²) in [5.74, 6) is 0.673. The number of nitrogens with zero attached hydrogens (tertiary/aromatic N) is 2. The third-order valence-corrected chi connectivity index (χ3v) is 10.8. The van der Waals surface area contributed by atoms with Gasteiger partial charge in [0.15, 0.2) is 5.82 Å². The normalized spacial score (nSPS) is 11.6. The Bertz CT molecular complexity index is 3230. The van der Waals surface area contributed by atoms with Gasteiger partial charge in [-0.1, -0.05) is 158 Å². The molecule has 0 unspecified atom stereocenters. The van der Waals surface area contributed by atoms with Crippen molar-refractivity contribution in [2.45, 2.75) is 0 Å². The molecule has 8 aromatic carbocycles. The first-order chi connectivity index (χ1) is 27.7. The van der Waals surface area contributed by atoms with Gasteiger partial charge in [0.2, 0.25) is 0 Å². The van der Waals surface area contributed by atoms with Crippen LogP contribution in [0, 0.1) is 0 Å². The van der Waals surface area contributed by atoms with Crippen LogP contribution in [0.5, 0.6) is 0 Å². The smallest absolute Gasteiger partial charge is 0.160 e. The zero-order chi connectivity index (χ0) is 37.0. The number of aromatic nitrogens is 2. The van der Waals surface area contributed by atoms with Gasteiger partial charge >= 0.3 is 0 Å². The highest BCUT2D eigenvalue weighted by molar-refractivity contribution is 6.17. The van der Waals surface area contributed by atoms with Crippen LogP contribution >= 0.6 is 0 Å². The van der Waals surface area contributed by atoms with Crippen molar-refractivity contribution in [1.29, 1.82) is 0 Å². The molecular formula is C52H32N2O2. The quantitative estimate of drug-likeness (QED) is 0.172. The van der Waals surface area contributed by atoms with E-state index in [1.54, 1.807) is 0 Å². The molecule has 0 spiro atoms. The van der Waals surface area contributed by atoms with Crippen molar-refractivity contribution in [1.82, 2.24) is 9.97 Å². The topological polar surface area (TPSA) is 52.1 Å². The van der Waals surface area contributed by atoms with Crippen LogP contribution in [-0.4, -0.2) is 9.97 Å². The van der Waals surface area contributed by atoms with Gasteiger partial charge in [0.25, 0.3) is 0 Å². The van der Waals surface area contributed by atoms with Crippen molar-refractivity contribution in [3.8, 4) is 67.3 Å². The van der Waals surface area contributed by atoms with E-state index in [1.807, 2.05) is 48.5 Å². The first-order valence-corrected chi connectivity index (χ1v) is 18.8.